The molecular weight excluding hydrogens is 464 g/mol. The third kappa shape index (κ3) is 4.56. The Balaban J connectivity index is 1.71. The predicted octanol–water partition coefficient (Wildman–Crippen LogP) is 3.94. The summed E-state index contributed by atoms with van der Waals surface area (Å²) in [6.07, 6.45) is 0. The van der Waals surface area contributed by atoms with Gasteiger partial charge in [-0.1, -0.05) is 36.4 Å². The van der Waals surface area contributed by atoms with Crippen LogP contribution in [0, 0.1) is 10.1 Å². The first-order valence-electron chi connectivity index (χ1n) is 9.79. The third-order valence-corrected chi connectivity index (χ3v) is 7.59. The van der Waals surface area contributed by atoms with E-state index >= 15 is 0 Å². The minimum atomic E-state index is -4.02. The van der Waals surface area contributed by atoms with Gasteiger partial charge in [0.15, 0.2) is 0 Å². The minimum absolute atomic E-state index is 0.169. The standard InChI is InChI=1S/C21H18N6O4S2/c1-2-25(16-9-5-3-6-10-16)33(30,31)18-13-14-20(19(15-18)27(28)29)32-21-22-23-24-26(21)17-11-7-4-8-12-17/h3-15H,2H2,1H3. The van der Waals surface area contributed by atoms with Gasteiger partial charge in [0.05, 0.1) is 26.1 Å². The van der Waals surface area contributed by atoms with Gasteiger partial charge in [0.25, 0.3) is 15.7 Å². The summed E-state index contributed by atoms with van der Waals surface area (Å²) in [7, 11) is -4.02. The number of aromatic nitrogens is 4. The number of nitro groups is 1. The highest BCUT2D eigenvalue weighted by Gasteiger charge is 2.28. The molecule has 0 bridgehead atoms. The lowest BCUT2D eigenvalue weighted by Gasteiger charge is -2.22. The lowest BCUT2D eigenvalue weighted by Crippen LogP contribution is -2.30. The zero-order chi connectivity index (χ0) is 23.4. The van der Waals surface area contributed by atoms with Gasteiger partial charge in [-0.3, -0.25) is 14.4 Å². The first-order valence-corrected chi connectivity index (χ1v) is 12.1. The molecule has 0 N–H and O–H groups in total. The van der Waals surface area contributed by atoms with E-state index < -0.39 is 14.9 Å². The van der Waals surface area contributed by atoms with Gasteiger partial charge in [-0.2, -0.15) is 4.68 Å². The van der Waals surface area contributed by atoms with Crippen LogP contribution in [0.1, 0.15) is 6.92 Å². The molecule has 10 nitrogen and oxygen atoms in total. The minimum Gasteiger partial charge on any atom is -0.267 e. The molecule has 1 aromatic heterocycles. The summed E-state index contributed by atoms with van der Waals surface area (Å²) in [5.74, 6) is 0. The van der Waals surface area contributed by atoms with Crippen LogP contribution in [-0.4, -0.2) is 40.1 Å². The molecule has 168 valence electrons. The Bertz CT molecular complexity index is 1380. The number of nitro benzene ring substituents is 1. The second kappa shape index (κ2) is 9.38. The molecule has 0 spiro atoms. The summed E-state index contributed by atoms with van der Waals surface area (Å²) in [6, 6.07) is 21.5. The smallest absolute Gasteiger partial charge is 0.267 e. The number of rotatable bonds is 8. The topological polar surface area (TPSA) is 124 Å². The fourth-order valence-corrected chi connectivity index (χ4v) is 5.54. The normalized spacial score (nSPS) is 11.3. The van der Waals surface area contributed by atoms with Crippen LogP contribution in [0.15, 0.2) is 93.8 Å². The van der Waals surface area contributed by atoms with Crippen LogP contribution in [-0.2, 0) is 10.0 Å². The molecule has 0 atom stereocenters. The van der Waals surface area contributed by atoms with Crippen molar-refractivity contribution in [3.8, 4) is 5.69 Å². The molecule has 4 aromatic rings. The lowest BCUT2D eigenvalue weighted by molar-refractivity contribution is -0.388. The van der Waals surface area contributed by atoms with Crippen LogP contribution in [0.2, 0.25) is 0 Å². The Morgan fingerprint density at radius 3 is 2.33 bits per heavy atom. The van der Waals surface area contributed by atoms with Gasteiger partial charge < -0.3 is 0 Å². The van der Waals surface area contributed by atoms with Crippen molar-refractivity contribution in [2.24, 2.45) is 0 Å². The summed E-state index contributed by atoms with van der Waals surface area (Å²) in [5, 5.41) is 23.7. The van der Waals surface area contributed by atoms with E-state index in [0.717, 1.165) is 17.8 Å². The highest BCUT2D eigenvalue weighted by molar-refractivity contribution is 7.99. The molecule has 0 unspecified atom stereocenters. The fraction of sp³-hybridized carbons (Fsp3) is 0.0952. The molecule has 4 rings (SSSR count). The van der Waals surface area contributed by atoms with Gasteiger partial charge in [0.1, 0.15) is 0 Å². The van der Waals surface area contributed by atoms with Gasteiger partial charge in [-0.15, -0.1) is 5.10 Å². The van der Waals surface area contributed by atoms with Gasteiger partial charge >= 0.3 is 0 Å². The van der Waals surface area contributed by atoms with Crippen molar-refractivity contribution in [1.82, 2.24) is 20.2 Å². The summed E-state index contributed by atoms with van der Waals surface area (Å²) >= 11 is 0.977. The maximum Gasteiger partial charge on any atom is 0.284 e. The average molecular weight is 483 g/mol. The van der Waals surface area contributed by atoms with Crippen molar-refractivity contribution in [2.75, 3.05) is 10.8 Å². The molecule has 0 saturated carbocycles. The summed E-state index contributed by atoms with van der Waals surface area (Å²) < 4.78 is 29.2. The molecular formula is C21H18N6O4S2. The van der Waals surface area contributed by atoms with Crippen LogP contribution in [0.5, 0.6) is 0 Å². The molecule has 0 saturated heterocycles. The van der Waals surface area contributed by atoms with Crippen molar-refractivity contribution < 1.29 is 13.3 Å². The number of hydrogen-bond acceptors (Lipinski definition) is 8. The largest absolute Gasteiger partial charge is 0.284 e. The van der Waals surface area contributed by atoms with Crippen molar-refractivity contribution in [1.29, 1.82) is 0 Å². The van der Waals surface area contributed by atoms with E-state index in [-0.39, 0.29) is 22.0 Å². The highest BCUT2D eigenvalue weighted by Crippen LogP contribution is 2.36. The van der Waals surface area contributed by atoms with E-state index in [9.17, 15) is 18.5 Å². The second-order valence-corrected chi connectivity index (χ2v) is 9.57. The van der Waals surface area contributed by atoms with E-state index in [1.165, 1.54) is 21.1 Å². The number of nitrogens with zero attached hydrogens (tertiary/aromatic N) is 6. The Labute approximate surface area is 194 Å². The number of para-hydroxylation sites is 2. The van der Waals surface area contributed by atoms with Gasteiger partial charge in [0, 0.05) is 12.6 Å². The Kier molecular flexibility index (Phi) is 6.38. The number of hydrogen-bond donors (Lipinski definition) is 0. The van der Waals surface area contributed by atoms with E-state index in [1.807, 2.05) is 18.2 Å². The summed E-state index contributed by atoms with van der Waals surface area (Å²) in [4.78, 5) is 11.2. The van der Waals surface area contributed by atoms with Gasteiger partial charge in [-0.05, 0) is 65.5 Å². The molecule has 0 radical (unpaired) electrons. The number of tetrazole rings is 1. The maximum absolute atomic E-state index is 13.3. The molecule has 1 heterocycles. The van der Waals surface area contributed by atoms with Gasteiger partial charge in [0.2, 0.25) is 5.16 Å². The quantitative estimate of drug-likeness (QED) is 0.273. The van der Waals surface area contributed by atoms with Crippen molar-refractivity contribution in [2.45, 2.75) is 21.9 Å². The average Bonchev–Trinajstić information content (AvgIpc) is 3.29. The van der Waals surface area contributed by atoms with E-state index in [4.69, 9.17) is 0 Å². The van der Waals surface area contributed by atoms with E-state index in [0.29, 0.717) is 16.5 Å². The third-order valence-electron chi connectivity index (χ3n) is 4.69. The molecule has 3 aromatic carbocycles. The Morgan fingerprint density at radius 2 is 1.70 bits per heavy atom. The fourth-order valence-electron chi connectivity index (χ4n) is 3.17. The molecule has 0 fully saturated rings. The van der Waals surface area contributed by atoms with Crippen LogP contribution >= 0.6 is 11.8 Å². The molecule has 0 aliphatic carbocycles. The van der Waals surface area contributed by atoms with Crippen molar-refractivity contribution >= 4 is 33.2 Å². The summed E-state index contributed by atoms with van der Waals surface area (Å²) in [5.41, 5.74) is 0.809. The SMILES string of the molecule is CCN(c1ccccc1)S(=O)(=O)c1ccc(Sc2nnnn2-c2ccccc2)c([N+](=O)[O-])c1. The first kappa shape index (κ1) is 22.4. The van der Waals surface area contributed by atoms with Crippen LogP contribution < -0.4 is 4.31 Å². The zero-order valence-corrected chi connectivity index (χ0v) is 19.0. The van der Waals surface area contributed by atoms with Crippen LogP contribution in [0.25, 0.3) is 5.69 Å². The van der Waals surface area contributed by atoms with Crippen LogP contribution in [0.3, 0.4) is 0 Å². The number of sulfonamides is 1. The van der Waals surface area contributed by atoms with Crippen molar-refractivity contribution in [3.63, 3.8) is 0 Å². The molecule has 33 heavy (non-hydrogen) atoms. The Hall–Kier alpha value is -3.77. The Morgan fingerprint density at radius 1 is 1.03 bits per heavy atom. The molecule has 12 heteroatoms. The summed E-state index contributed by atoms with van der Waals surface area (Å²) in [6.45, 7) is 1.87. The molecule has 0 amide bonds. The zero-order valence-electron chi connectivity index (χ0n) is 17.3. The van der Waals surface area contributed by atoms with Crippen LogP contribution in [0.4, 0.5) is 11.4 Å². The van der Waals surface area contributed by atoms with Crippen molar-refractivity contribution in [3.05, 3.63) is 89.0 Å². The number of anilines is 1. The lowest BCUT2D eigenvalue weighted by atomic mass is 10.3. The monoisotopic (exact) mass is 482 g/mol. The van der Waals surface area contributed by atoms with E-state index in [2.05, 4.69) is 15.5 Å². The highest BCUT2D eigenvalue weighted by atomic mass is 32.2. The molecule has 0 aliphatic rings. The predicted molar refractivity (Wildman–Crippen MR) is 123 cm³/mol. The first-order chi connectivity index (χ1) is 15.9. The van der Waals surface area contributed by atoms with Gasteiger partial charge in [-0.25, -0.2) is 8.42 Å². The second-order valence-electron chi connectivity index (χ2n) is 6.70. The molecule has 0 aliphatic heterocycles. The van der Waals surface area contributed by atoms with E-state index in [1.54, 1.807) is 49.4 Å². The number of benzene rings is 3. The maximum atomic E-state index is 13.3.